The predicted octanol–water partition coefficient (Wildman–Crippen LogP) is -0.297. The van der Waals surface area contributed by atoms with Crippen LogP contribution in [0.3, 0.4) is 0 Å². The normalized spacial score (nSPS) is 29.6. The standard InChI is InChI=1S/C35H40N4O11/c1-5-39(14-16-9-7-6-8-10-16)19(13-20(40)41)34(49)37-18-12-11-17-15(2)21-23(28(43)22(17)27(18)42)31(46)35(50)25(29(21)44)26(38(3)4)30(45)24(32(35)47)33(36)48/h6-12,15,19,21,23-26,29,42,44,50H,5,13-14H2,1-4H3,(H2,36,48)(H,37,49)(H,40,41)/t15?,19?,21?,23?,24?,25?,26-,29?,35-/m0/s1. The lowest BCUT2D eigenvalue weighted by molar-refractivity contribution is -0.196. The van der Waals surface area contributed by atoms with E-state index in [-0.39, 0.29) is 17.8 Å². The fraction of sp³-hybridized carbons (Fsp3) is 0.457. The number of aromatic hydroxyl groups is 1. The Morgan fingerprint density at radius 2 is 1.66 bits per heavy atom. The molecule has 2 fully saturated rings. The first-order chi connectivity index (χ1) is 23.5. The number of Topliss-reactive ketones (excluding diaryl/α,β-unsaturated/α-hetero) is 4. The van der Waals surface area contributed by atoms with Crippen molar-refractivity contribution in [3.63, 3.8) is 0 Å². The molecule has 266 valence electrons. The highest BCUT2D eigenvalue weighted by Crippen LogP contribution is 2.55. The summed E-state index contributed by atoms with van der Waals surface area (Å²) in [6.45, 7) is 3.85. The van der Waals surface area contributed by atoms with Crippen molar-refractivity contribution < 1.29 is 54.0 Å². The number of likely N-dealkylation sites (N-methyl/N-ethyl adjacent to an activating group) is 2. The van der Waals surface area contributed by atoms with Crippen LogP contribution in [0.5, 0.6) is 5.75 Å². The van der Waals surface area contributed by atoms with Gasteiger partial charge in [0.15, 0.2) is 34.7 Å². The van der Waals surface area contributed by atoms with E-state index in [1.807, 2.05) is 18.2 Å². The number of fused-ring (bicyclic) bond motifs is 3. The second-order valence-electron chi connectivity index (χ2n) is 13.4. The van der Waals surface area contributed by atoms with Crippen molar-refractivity contribution >= 4 is 46.6 Å². The number of nitrogens with two attached hydrogens (primary N) is 1. The van der Waals surface area contributed by atoms with Gasteiger partial charge in [-0.05, 0) is 43.8 Å². The van der Waals surface area contributed by atoms with Crippen LogP contribution in [0.15, 0.2) is 42.5 Å². The van der Waals surface area contributed by atoms with Crippen LogP contribution in [0.25, 0.3) is 0 Å². The van der Waals surface area contributed by atoms with Crippen molar-refractivity contribution in [2.45, 2.75) is 56.5 Å². The molecular weight excluding hydrogens is 652 g/mol. The zero-order valence-electron chi connectivity index (χ0n) is 27.9. The van der Waals surface area contributed by atoms with Crippen LogP contribution in [0.4, 0.5) is 5.69 Å². The third kappa shape index (κ3) is 5.69. The molecule has 2 aromatic rings. The van der Waals surface area contributed by atoms with E-state index in [1.165, 1.54) is 31.1 Å². The van der Waals surface area contributed by atoms with Crippen LogP contribution in [0, 0.1) is 23.7 Å². The number of carbonyl (C=O) groups is 7. The number of carboxylic acid groups (broad SMARTS) is 1. The molecule has 9 atom stereocenters. The molecule has 0 saturated heterocycles. The zero-order chi connectivity index (χ0) is 37.0. The molecule has 15 nitrogen and oxygen atoms in total. The molecule has 3 aliphatic rings. The molecular formula is C35H40N4O11. The maximum absolute atomic E-state index is 14.2. The van der Waals surface area contributed by atoms with E-state index in [2.05, 4.69) is 5.32 Å². The summed E-state index contributed by atoms with van der Waals surface area (Å²) in [5, 5.41) is 47.2. The summed E-state index contributed by atoms with van der Waals surface area (Å²) in [5.74, 6) is -17.1. The smallest absolute Gasteiger partial charge is 0.305 e. The Hall–Kier alpha value is -4.83. The minimum atomic E-state index is -3.15. The third-order valence-electron chi connectivity index (χ3n) is 10.5. The second-order valence-corrected chi connectivity index (χ2v) is 13.4. The Balaban J connectivity index is 1.53. The highest BCUT2D eigenvalue weighted by atomic mass is 16.4. The number of ketones is 4. The van der Waals surface area contributed by atoms with E-state index in [0.29, 0.717) is 6.54 Å². The lowest BCUT2D eigenvalue weighted by atomic mass is 9.49. The van der Waals surface area contributed by atoms with Crippen LogP contribution in [-0.4, -0.2) is 116 Å². The number of primary amides is 1. The summed E-state index contributed by atoms with van der Waals surface area (Å²) in [4.78, 5) is 95.9. The molecule has 0 heterocycles. The van der Waals surface area contributed by atoms with E-state index < -0.39 is 112 Å². The molecule has 0 spiro atoms. The minimum Gasteiger partial charge on any atom is -0.505 e. The lowest BCUT2D eigenvalue weighted by Crippen LogP contribution is -2.77. The fourth-order valence-electron chi connectivity index (χ4n) is 8.12. The molecule has 0 bridgehead atoms. The molecule has 7 N–H and O–H groups in total. The van der Waals surface area contributed by atoms with Crippen molar-refractivity contribution in [3.05, 3.63) is 59.2 Å². The van der Waals surface area contributed by atoms with Crippen molar-refractivity contribution in [1.29, 1.82) is 0 Å². The number of rotatable bonds is 10. The molecule has 2 aromatic carbocycles. The number of hydrogen-bond donors (Lipinski definition) is 6. The average molecular weight is 693 g/mol. The Morgan fingerprint density at radius 1 is 1.02 bits per heavy atom. The van der Waals surface area contributed by atoms with Gasteiger partial charge in [0.25, 0.3) is 0 Å². The molecule has 5 rings (SSSR count). The molecule has 0 radical (unpaired) electrons. The van der Waals surface area contributed by atoms with E-state index in [0.717, 1.165) is 5.56 Å². The number of benzene rings is 2. The number of aliphatic hydroxyl groups excluding tert-OH is 1. The average Bonchev–Trinajstić information content (AvgIpc) is 3.05. The highest BCUT2D eigenvalue weighted by molar-refractivity contribution is 6.32. The number of nitrogens with zero attached hydrogens (tertiary/aromatic N) is 2. The molecule has 0 aromatic heterocycles. The zero-order valence-corrected chi connectivity index (χ0v) is 27.9. The molecule has 7 unspecified atom stereocenters. The number of hydrogen-bond acceptors (Lipinski definition) is 12. The van der Waals surface area contributed by atoms with Gasteiger partial charge >= 0.3 is 5.97 Å². The van der Waals surface area contributed by atoms with E-state index in [1.54, 1.807) is 30.9 Å². The number of amides is 2. The van der Waals surface area contributed by atoms with Crippen LogP contribution < -0.4 is 11.1 Å². The first-order valence-electron chi connectivity index (χ1n) is 16.2. The Kier molecular flexibility index (Phi) is 9.82. The highest BCUT2D eigenvalue weighted by Gasteiger charge is 2.73. The third-order valence-corrected chi connectivity index (χ3v) is 10.5. The van der Waals surface area contributed by atoms with E-state index in [9.17, 15) is 54.0 Å². The van der Waals surface area contributed by atoms with Gasteiger partial charge in [0, 0.05) is 12.5 Å². The summed E-state index contributed by atoms with van der Waals surface area (Å²) in [5.41, 5.74) is 2.55. The number of phenolic OH excluding ortho intramolecular Hbond substituents is 1. The summed E-state index contributed by atoms with van der Waals surface area (Å²) in [7, 11) is 2.81. The molecule has 3 aliphatic carbocycles. The quantitative estimate of drug-likeness (QED) is 0.139. The Bertz CT molecular complexity index is 1780. The van der Waals surface area contributed by atoms with E-state index >= 15 is 0 Å². The van der Waals surface area contributed by atoms with Gasteiger partial charge < -0.3 is 31.5 Å². The number of anilines is 1. The van der Waals surface area contributed by atoms with Gasteiger partial charge in [-0.1, -0.05) is 50.2 Å². The Morgan fingerprint density at radius 3 is 2.22 bits per heavy atom. The van der Waals surface area contributed by atoms with Gasteiger partial charge in [-0.25, -0.2) is 0 Å². The molecule has 2 amide bonds. The van der Waals surface area contributed by atoms with Crippen molar-refractivity contribution in [1.82, 2.24) is 9.80 Å². The maximum Gasteiger partial charge on any atom is 0.305 e. The van der Waals surface area contributed by atoms with Gasteiger partial charge in [0.1, 0.15) is 11.8 Å². The van der Waals surface area contributed by atoms with Crippen LogP contribution in [0.1, 0.15) is 47.7 Å². The van der Waals surface area contributed by atoms with Gasteiger partial charge in [-0.2, -0.15) is 0 Å². The Labute approximate surface area is 287 Å². The number of carboxylic acids is 1. The SMILES string of the molecule is CCN(Cc1ccccc1)C(CC(=O)O)C(=O)Nc1ccc2c(c1O)C(=O)C1C(=O)[C@]3(O)C(=O)C(C(N)=O)C(=O)[C@@H](N(C)C)C3C(O)C1C2C. The number of aliphatic hydroxyl groups is 2. The summed E-state index contributed by atoms with van der Waals surface area (Å²) in [6.07, 6.45) is -2.37. The van der Waals surface area contributed by atoms with Gasteiger partial charge in [0.2, 0.25) is 11.8 Å². The predicted molar refractivity (Wildman–Crippen MR) is 175 cm³/mol. The van der Waals surface area contributed by atoms with Crippen LogP contribution >= 0.6 is 0 Å². The first-order valence-corrected chi connectivity index (χ1v) is 16.2. The largest absolute Gasteiger partial charge is 0.505 e. The van der Waals surface area contributed by atoms with Gasteiger partial charge in [-0.3, -0.25) is 43.4 Å². The molecule has 0 aliphatic heterocycles. The first kappa shape index (κ1) is 36.5. The van der Waals surface area contributed by atoms with Gasteiger partial charge in [0.05, 0.1) is 41.7 Å². The number of phenols is 1. The lowest BCUT2D eigenvalue weighted by Gasteiger charge is -2.56. The number of aliphatic carboxylic acids is 1. The number of carbonyl (C=O) groups excluding carboxylic acids is 6. The molecule has 2 saturated carbocycles. The monoisotopic (exact) mass is 692 g/mol. The summed E-state index contributed by atoms with van der Waals surface area (Å²) >= 11 is 0. The molecule has 15 heteroatoms. The summed E-state index contributed by atoms with van der Waals surface area (Å²) < 4.78 is 0. The topological polar surface area (TPSA) is 245 Å². The molecule has 50 heavy (non-hydrogen) atoms. The van der Waals surface area contributed by atoms with Crippen LogP contribution in [0.2, 0.25) is 0 Å². The fourth-order valence-corrected chi connectivity index (χ4v) is 8.12. The summed E-state index contributed by atoms with van der Waals surface area (Å²) in [6, 6.07) is 9.10. The van der Waals surface area contributed by atoms with E-state index in [4.69, 9.17) is 5.73 Å². The maximum atomic E-state index is 14.2. The van der Waals surface area contributed by atoms with Crippen molar-refractivity contribution in [3.8, 4) is 5.75 Å². The van der Waals surface area contributed by atoms with Crippen LogP contribution in [-0.2, 0) is 35.3 Å². The van der Waals surface area contributed by atoms with Crippen molar-refractivity contribution in [2.75, 3.05) is 26.0 Å². The van der Waals surface area contributed by atoms with Gasteiger partial charge in [-0.15, -0.1) is 0 Å². The minimum absolute atomic E-state index is 0.190. The second kappa shape index (κ2) is 13.5. The van der Waals surface area contributed by atoms with Crippen molar-refractivity contribution in [2.24, 2.45) is 29.4 Å². The number of nitrogens with one attached hydrogen (secondary N) is 1.